The number of pyridine rings is 1. The second-order valence-corrected chi connectivity index (χ2v) is 7.95. The average Bonchev–Trinajstić information content (AvgIpc) is 2.73. The van der Waals surface area contributed by atoms with Crippen molar-refractivity contribution in [1.29, 1.82) is 0 Å². The molecule has 2 amide bonds. The van der Waals surface area contributed by atoms with Gasteiger partial charge in [-0.25, -0.2) is 9.18 Å². The highest BCUT2D eigenvalue weighted by Gasteiger charge is 2.30. The molecule has 1 fully saturated rings. The van der Waals surface area contributed by atoms with Crippen molar-refractivity contribution in [1.82, 2.24) is 15.2 Å². The van der Waals surface area contributed by atoms with E-state index in [0.29, 0.717) is 31.9 Å². The van der Waals surface area contributed by atoms with Gasteiger partial charge in [0, 0.05) is 44.5 Å². The minimum absolute atomic E-state index is 0.0470. The van der Waals surface area contributed by atoms with Crippen molar-refractivity contribution in [3.63, 3.8) is 0 Å². The number of para-hydroxylation sites is 1. The number of fused-ring (bicyclic) bond motifs is 1. The number of nitrogens with zero attached hydrogens (tertiary/aromatic N) is 4. The molecule has 0 radical (unpaired) electrons. The number of anilines is 2. The molecule has 0 bridgehead atoms. The van der Waals surface area contributed by atoms with Crippen LogP contribution in [0.1, 0.15) is 25.5 Å². The molecule has 1 aromatic heterocycles. The number of ether oxygens (including phenoxy) is 1. The summed E-state index contributed by atoms with van der Waals surface area (Å²) in [5, 5.41) is 3.14. The molecule has 2 aliphatic rings. The molecule has 8 heteroatoms. The van der Waals surface area contributed by atoms with Crippen LogP contribution < -0.4 is 19.9 Å². The zero-order valence-corrected chi connectivity index (χ0v) is 17.6. The van der Waals surface area contributed by atoms with Gasteiger partial charge in [0.25, 0.3) is 0 Å². The zero-order valence-electron chi connectivity index (χ0n) is 17.6. The lowest BCUT2D eigenvalue weighted by atomic mass is 10.0. The maximum atomic E-state index is 14.1. The number of carbonyl (C=O) groups excluding carboxylic acids is 1. The number of nitrogens with one attached hydrogen (secondary N) is 1. The summed E-state index contributed by atoms with van der Waals surface area (Å²) in [5.41, 5.74) is 2.60. The van der Waals surface area contributed by atoms with Crippen molar-refractivity contribution >= 4 is 17.4 Å². The average molecular weight is 413 g/mol. The molecular formula is C22H28FN5O2. The van der Waals surface area contributed by atoms with Gasteiger partial charge in [-0.15, -0.1) is 0 Å². The van der Waals surface area contributed by atoms with Crippen molar-refractivity contribution in [2.75, 3.05) is 49.6 Å². The lowest BCUT2D eigenvalue weighted by Crippen LogP contribution is -2.57. The van der Waals surface area contributed by atoms with Crippen LogP contribution in [-0.2, 0) is 0 Å². The van der Waals surface area contributed by atoms with Crippen molar-refractivity contribution in [3.8, 4) is 5.75 Å². The Balaban J connectivity index is 1.43. The van der Waals surface area contributed by atoms with Crippen LogP contribution in [0.15, 0.2) is 36.7 Å². The number of aromatic nitrogens is 1. The predicted molar refractivity (Wildman–Crippen MR) is 115 cm³/mol. The van der Waals surface area contributed by atoms with Gasteiger partial charge in [-0.2, -0.15) is 0 Å². The first kappa shape index (κ1) is 20.3. The molecule has 0 spiro atoms. The van der Waals surface area contributed by atoms with E-state index in [4.69, 9.17) is 4.74 Å². The Kier molecular flexibility index (Phi) is 5.65. The van der Waals surface area contributed by atoms with Crippen LogP contribution in [0.5, 0.6) is 5.75 Å². The number of carbonyl (C=O) groups is 1. The van der Waals surface area contributed by atoms with Crippen LogP contribution in [-0.4, -0.2) is 61.8 Å². The van der Waals surface area contributed by atoms with Crippen LogP contribution in [0.3, 0.4) is 0 Å². The number of amides is 2. The predicted octanol–water partition coefficient (Wildman–Crippen LogP) is 3.03. The number of halogens is 1. The van der Waals surface area contributed by atoms with Crippen molar-refractivity contribution in [3.05, 3.63) is 48.0 Å². The topological polar surface area (TPSA) is 60.9 Å². The Hall–Kier alpha value is -3.03. The summed E-state index contributed by atoms with van der Waals surface area (Å²) in [7, 11) is 2.04. The van der Waals surface area contributed by atoms with Crippen molar-refractivity contribution in [2.24, 2.45) is 0 Å². The molecule has 2 atom stereocenters. The van der Waals surface area contributed by atoms with Crippen molar-refractivity contribution in [2.45, 2.75) is 25.9 Å². The van der Waals surface area contributed by atoms with Gasteiger partial charge in [0.1, 0.15) is 12.4 Å². The minimum atomic E-state index is -0.337. The Bertz CT molecular complexity index is 924. The highest BCUT2D eigenvalue weighted by Crippen LogP contribution is 2.37. The number of piperazine rings is 1. The summed E-state index contributed by atoms with van der Waals surface area (Å²) in [6, 6.07) is 7.30. The highest BCUT2D eigenvalue weighted by atomic mass is 19.1. The third-order valence-corrected chi connectivity index (χ3v) is 5.88. The number of urea groups is 1. The zero-order chi connectivity index (χ0) is 21.3. The van der Waals surface area contributed by atoms with E-state index in [2.05, 4.69) is 15.2 Å². The van der Waals surface area contributed by atoms with Gasteiger partial charge in [-0.3, -0.25) is 4.98 Å². The smallest absolute Gasteiger partial charge is 0.318 e. The van der Waals surface area contributed by atoms with E-state index in [-0.39, 0.29) is 23.9 Å². The monoisotopic (exact) mass is 413 g/mol. The van der Waals surface area contributed by atoms with Gasteiger partial charge in [-0.1, -0.05) is 12.1 Å². The van der Waals surface area contributed by atoms with E-state index < -0.39 is 0 Å². The van der Waals surface area contributed by atoms with Crippen LogP contribution in [0.2, 0.25) is 0 Å². The van der Waals surface area contributed by atoms with E-state index in [1.165, 1.54) is 6.20 Å². The number of hydrogen-bond donors (Lipinski definition) is 1. The fourth-order valence-corrected chi connectivity index (χ4v) is 4.27. The first-order valence-electron chi connectivity index (χ1n) is 10.3. The first-order valence-corrected chi connectivity index (χ1v) is 10.3. The molecule has 1 aromatic carbocycles. The Morgan fingerprint density at radius 2 is 2.13 bits per heavy atom. The molecule has 160 valence electrons. The van der Waals surface area contributed by atoms with E-state index >= 15 is 0 Å². The lowest BCUT2D eigenvalue weighted by molar-refractivity contribution is 0.168. The molecule has 30 heavy (non-hydrogen) atoms. The highest BCUT2D eigenvalue weighted by molar-refractivity contribution is 5.76. The Morgan fingerprint density at radius 1 is 1.30 bits per heavy atom. The van der Waals surface area contributed by atoms with Gasteiger partial charge >= 0.3 is 6.03 Å². The molecular weight excluding hydrogens is 385 g/mol. The SMILES string of the molecule is C[C@@H]1CN(c2ccncc2F)CCN1C(=O)N[C@H](C)c1cccc2c1N(C)CCO2. The third-order valence-electron chi connectivity index (χ3n) is 5.88. The fraction of sp³-hybridized carbons (Fsp3) is 0.455. The summed E-state index contributed by atoms with van der Waals surface area (Å²) in [6.07, 6.45) is 2.81. The normalized spacial score (nSPS) is 19.7. The Labute approximate surface area is 176 Å². The van der Waals surface area contributed by atoms with E-state index in [1.54, 1.807) is 12.3 Å². The van der Waals surface area contributed by atoms with Gasteiger partial charge in [0.05, 0.1) is 30.2 Å². The van der Waals surface area contributed by atoms with E-state index in [0.717, 1.165) is 23.5 Å². The summed E-state index contributed by atoms with van der Waals surface area (Å²) in [5.74, 6) is 0.514. The van der Waals surface area contributed by atoms with Gasteiger partial charge in [0.15, 0.2) is 5.82 Å². The molecule has 0 saturated carbocycles. The molecule has 2 aliphatic heterocycles. The summed E-state index contributed by atoms with van der Waals surface area (Å²) in [4.78, 5) is 22.8. The lowest BCUT2D eigenvalue weighted by Gasteiger charge is -2.41. The third kappa shape index (κ3) is 3.86. The number of rotatable bonds is 3. The molecule has 1 N–H and O–H groups in total. The quantitative estimate of drug-likeness (QED) is 0.838. The van der Waals surface area contributed by atoms with Gasteiger partial charge in [-0.05, 0) is 26.0 Å². The van der Waals surface area contributed by atoms with Crippen LogP contribution in [0, 0.1) is 5.82 Å². The van der Waals surface area contributed by atoms with Crippen LogP contribution in [0.4, 0.5) is 20.6 Å². The second kappa shape index (κ2) is 8.38. The first-order chi connectivity index (χ1) is 14.5. The Morgan fingerprint density at radius 3 is 2.90 bits per heavy atom. The van der Waals surface area contributed by atoms with Gasteiger partial charge in [0.2, 0.25) is 0 Å². The molecule has 4 rings (SSSR count). The minimum Gasteiger partial charge on any atom is -0.490 e. The maximum absolute atomic E-state index is 14.1. The standard InChI is InChI=1S/C22H28FN5O2/c1-15-14-27(19-7-8-24-13-18(19)23)9-10-28(15)22(29)25-16(2)17-5-4-6-20-21(17)26(3)11-12-30-20/h4-8,13,15-16H,9-12,14H2,1-3H3,(H,25,29)/t15-,16-/m1/s1. The summed E-state index contributed by atoms with van der Waals surface area (Å²) in [6.45, 7) is 7.12. The molecule has 7 nitrogen and oxygen atoms in total. The van der Waals surface area contributed by atoms with Crippen molar-refractivity contribution < 1.29 is 13.9 Å². The molecule has 2 aromatic rings. The van der Waals surface area contributed by atoms with Crippen LogP contribution in [0.25, 0.3) is 0 Å². The van der Waals surface area contributed by atoms with Gasteiger partial charge < -0.3 is 24.8 Å². The molecule has 1 saturated heterocycles. The molecule has 0 unspecified atom stereocenters. The van der Waals surface area contributed by atoms with Crippen LogP contribution >= 0.6 is 0 Å². The molecule has 3 heterocycles. The molecule has 0 aliphatic carbocycles. The summed E-state index contributed by atoms with van der Waals surface area (Å²) >= 11 is 0. The maximum Gasteiger partial charge on any atom is 0.318 e. The number of hydrogen-bond acceptors (Lipinski definition) is 5. The number of benzene rings is 1. The number of likely N-dealkylation sites (N-methyl/N-ethyl adjacent to an activating group) is 1. The van der Waals surface area contributed by atoms with E-state index in [1.807, 2.05) is 48.9 Å². The largest absolute Gasteiger partial charge is 0.490 e. The summed E-state index contributed by atoms with van der Waals surface area (Å²) < 4.78 is 19.9. The fourth-order valence-electron chi connectivity index (χ4n) is 4.27. The second-order valence-electron chi connectivity index (χ2n) is 7.95. The van der Waals surface area contributed by atoms with E-state index in [9.17, 15) is 9.18 Å².